The van der Waals surface area contributed by atoms with Crippen LogP contribution in [0.5, 0.6) is 11.5 Å². The maximum atomic E-state index is 15.5. The number of hydrogen-bond donors (Lipinski definition) is 3. The molecule has 3 aromatic heterocycles. The van der Waals surface area contributed by atoms with Crippen LogP contribution in [0.15, 0.2) is 67.4 Å². The number of aliphatic hydroxyl groups is 1. The van der Waals surface area contributed by atoms with Crippen molar-refractivity contribution in [3.63, 3.8) is 0 Å². The number of hydrogen-bond acceptors (Lipinski definition) is 11. The fourth-order valence-electron chi connectivity index (χ4n) is 5.56. The first-order valence-corrected chi connectivity index (χ1v) is 14.4. The van der Waals surface area contributed by atoms with Crippen molar-refractivity contribution in [1.82, 2.24) is 24.5 Å². The van der Waals surface area contributed by atoms with Crippen molar-refractivity contribution in [2.45, 2.75) is 37.5 Å². The van der Waals surface area contributed by atoms with Gasteiger partial charge in [-0.1, -0.05) is 18.2 Å². The number of para-hydroxylation sites is 1. The fourth-order valence-corrected chi connectivity index (χ4v) is 5.56. The molecule has 0 aliphatic carbocycles. The van der Waals surface area contributed by atoms with Crippen molar-refractivity contribution in [2.75, 3.05) is 23.7 Å². The summed E-state index contributed by atoms with van der Waals surface area (Å²) in [5.74, 6) is -2.40. The Morgan fingerprint density at radius 3 is 2.60 bits per heavy atom. The average Bonchev–Trinajstić information content (AvgIpc) is 3.46. The molecule has 1 aliphatic rings. The largest absolute Gasteiger partial charge is 0.519 e. The predicted octanol–water partition coefficient (Wildman–Crippen LogP) is 4.30. The first kappa shape index (κ1) is 31.6. The number of aromatic nitrogens is 5. The zero-order valence-electron chi connectivity index (χ0n) is 24.6. The lowest BCUT2D eigenvalue weighted by Crippen LogP contribution is -2.63. The van der Waals surface area contributed by atoms with E-state index in [1.807, 2.05) is 0 Å². The third-order valence-corrected chi connectivity index (χ3v) is 7.90. The number of alkyl halides is 2. The van der Waals surface area contributed by atoms with Crippen LogP contribution < -0.4 is 25.8 Å². The number of ether oxygens (including phenoxy) is 2. The van der Waals surface area contributed by atoms with Gasteiger partial charge in [-0.05, 0) is 42.7 Å². The standard InChI is InChI=1S/C31H28F4N8O4/c32-20-11-24(47-30(45)46-18-5-2-1-3-6-18)21(33)10-19(20)22-9-17(13-43-16-41-25-28(36)39-15-40-29(25)43)23(12-38-22)42-8-4-7-31(37,14-42)26(44)27(34)35/h1-3,5-6,9-12,15-16,26-27,44H,4,7-8,13-14,37H2,(H2,36,39,40)/t26-,31-/m1/s1. The van der Waals surface area contributed by atoms with Crippen LogP contribution in [-0.2, 0) is 6.54 Å². The highest BCUT2D eigenvalue weighted by atomic mass is 19.3. The highest BCUT2D eigenvalue weighted by Crippen LogP contribution is 2.35. The number of imidazole rings is 1. The van der Waals surface area contributed by atoms with Crippen LogP contribution >= 0.6 is 0 Å². The molecule has 1 saturated heterocycles. The maximum absolute atomic E-state index is 15.5. The first-order chi connectivity index (χ1) is 22.5. The molecular weight excluding hydrogens is 624 g/mol. The van der Waals surface area contributed by atoms with Crippen molar-refractivity contribution in [3.8, 4) is 22.8 Å². The molecule has 2 atom stereocenters. The Labute approximate surface area is 264 Å². The van der Waals surface area contributed by atoms with Gasteiger partial charge in [-0.2, -0.15) is 0 Å². The second-order valence-electron chi connectivity index (χ2n) is 11.1. The van der Waals surface area contributed by atoms with Crippen LogP contribution in [0.3, 0.4) is 0 Å². The van der Waals surface area contributed by atoms with Crippen molar-refractivity contribution in [3.05, 3.63) is 84.6 Å². The van der Waals surface area contributed by atoms with Crippen LogP contribution in [0, 0.1) is 11.6 Å². The van der Waals surface area contributed by atoms with E-state index < -0.39 is 41.6 Å². The molecule has 12 nitrogen and oxygen atoms in total. The normalized spacial score (nSPS) is 17.2. The van der Waals surface area contributed by atoms with E-state index in [0.29, 0.717) is 41.4 Å². The molecule has 2 aromatic carbocycles. The highest BCUT2D eigenvalue weighted by molar-refractivity contribution is 5.81. The second kappa shape index (κ2) is 12.8. The number of nitrogens with two attached hydrogens (primary N) is 2. The number of aliphatic hydroxyl groups excluding tert-OH is 1. The summed E-state index contributed by atoms with van der Waals surface area (Å²) in [7, 11) is 0. The van der Waals surface area contributed by atoms with Crippen LogP contribution in [0.25, 0.3) is 22.4 Å². The number of carbonyl (C=O) groups is 1. The summed E-state index contributed by atoms with van der Waals surface area (Å²) < 4.78 is 69.2. The lowest BCUT2D eigenvalue weighted by molar-refractivity contribution is -0.0529. The van der Waals surface area contributed by atoms with Gasteiger partial charge in [-0.3, -0.25) is 4.98 Å². The van der Waals surface area contributed by atoms with Crippen LogP contribution in [0.1, 0.15) is 18.4 Å². The molecule has 1 aliphatic heterocycles. The topological polar surface area (TPSA) is 168 Å². The van der Waals surface area contributed by atoms with Crippen LogP contribution in [0.2, 0.25) is 0 Å². The smallest absolute Gasteiger partial charge is 0.395 e. The Balaban J connectivity index is 1.35. The molecule has 0 radical (unpaired) electrons. The number of nitrogen functional groups attached to an aromatic ring is 1. The van der Waals surface area contributed by atoms with Crippen molar-refractivity contribution in [1.29, 1.82) is 0 Å². The summed E-state index contributed by atoms with van der Waals surface area (Å²) in [6.07, 6.45) is -1.68. The average molecular weight is 653 g/mol. The summed E-state index contributed by atoms with van der Waals surface area (Å²) in [6.45, 7) is 0.344. The first-order valence-electron chi connectivity index (χ1n) is 14.4. The SMILES string of the molecule is Nc1ncnc2c1ncn2Cc1cc(-c2cc(F)c(OC(=O)Oc3ccccc3)cc2F)ncc1N1CCC[C@](N)([C@H](O)C(F)F)C1. The summed E-state index contributed by atoms with van der Waals surface area (Å²) in [5.41, 5.74) is 12.1. The molecule has 16 heteroatoms. The Morgan fingerprint density at radius 1 is 1.04 bits per heavy atom. The van der Waals surface area contributed by atoms with Gasteiger partial charge >= 0.3 is 6.16 Å². The fraction of sp³-hybridized carbons (Fsp3) is 0.258. The number of piperidine rings is 1. The van der Waals surface area contributed by atoms with E-state index >= 15 is 8.78 Å². The Hall–Kier alpha value is -5.35. The number of rotatable bonds is 8. The number of carbonyl (C=O) groups excluding carboxylic acids is 1. The number of halogens is 4. The summed E-state index contributed by atoms with van der Waals surface area (Å²) in [4.78, 5) is 30.7. The summed E-state index contributed by atoms with van der Waals surface area (Å²) in [5, 5.41) is 10.2. The number of fused-ring (bicyclic) bond motifs is 1. The van der Waals surface area contributed by atoms with E-state index in [9.17, 15) is 18.7 Å². The zero-order valence-corrected chi connectivity index (χ0v) is 24.6. The lowest BCUT2D eigenvalue weighted by atomic mass is 9.84. The zero-order chi connectivity index (χ0) is 33.3. The monoisotopic (exact) mass is 652 g/mol. The van der Waals surface area contributed by atoms with E-state index in [0.717, 1.165) is 6.07 Å². The molecule has 1 fully saturated rings. The Morgan fingerprint density at radius 2 is 1.83 bits per heavy atom. The molecule has 5 aromatic rings. The van der Waals surface area contributed by atoms with Gasteiger partial charge in [0.05, 0.1) is 36.0 Å². The molecule has 0 spiro atoms. The van der Waals surface area contributed by atoms with Gasteiger partial charge in [-0.15, -0.1) is 0 Å². The Bertz CT molecular complexity index is 1930. The molecule has 4 heterocycles. The van der Waals surface area contributed by atoms with Crippen molar-refractivity contribution >= 4 is 28.8 Å². The quantitative estimate of drug-likeness (QED) is 0.124. The molecule has 0 saturated carbocycles. The van der Waals surface area contributed by atoms with Gasteiger partial charge in [-0.25, -0.2) is 37.3 Å². The van der Waals surface area contributed by atoms with E-state index in [-0.39, 0.29) is 42.3 Å². The van der Waals surface area contributed by atoms with Gasteiger partial charge in [0.25, 0.3) is 6.43 Å². The molecule has 5 N–H and O–H groups in total. The maximum Gasteiger partial charge on any atom is 0.519 e. The van der Waals surface area contributed by atoms with E-state index in [1.54, 1.807) is 27.7 Å². The van der Waals surface area contributed by atoms with Gasteiger partial charge < -0.3 is 35.5 Å². The Kier molecular flexibility index (Phi) is 8.62. The van der Waals surface area contributed by atoms with Gasteiger partial charge in [0.2, 0.25) is 0 Å². The number of pyridine rings is 1. The molecule has 47 heavy (non-hydrogen) atoms. The van der Waals surface area contributed by atoms with Gasteiger partial charge in [0, 0.05) is 24.7 Å². The molecule has 0 amide bonds. The predicted molar refractivity (Wildman–Crippen MR) is 162 cm³/mol. The van der Waals surface area contributed by atoms with Crippen molar-refractivity contribution in [2.24, 2.45) is 5.73 Å². The minimum atomic E-state index is -3.05. The van der Waals surface area contributed by atoms with Gasteiger partial charge in [0.1, 0.15) is 29.5 Å². The molecule has 6 rings (SSSR count). The third-order valence-electron chi connectivity index (χ3n) is 7.90. The van der Waals surface area contributed by atoms with E-state index in [2.05, 4.69) is 19.9 Å². The third kappa shape index (κ3) is 6.50. The summed E-state index contributed by atoms with van der Waals surface area (Å²) >= 11 is 0. The van der Waals surface area contributed by atoms with Gasteiger partial charge in [0.15, 0.2) is 23.0 Å². The molecule has 0 unspecified atom stereocenters. The van der Waals surface area contributed by atoms with E-state index in [1.165, 1.54) is 37.1 Å². The highest BCUT2D eigenvalue weighted by Gasteiger charge is 2.43. The number of benzene rings is 2. The van der Waals surface area contributed by atoms with Crippen molar-refractivity contribution < 1.29 is 36.9 Å². The number of nitrogens with zero attached hydrogens (tertiary/aromatic N) is 6. The molecular formula is C31H28F4N8O4. The summed E-state index contributed by atoms with van der Waals surface area (Å²) in [6, 6.07) is 11.0. The minimum Gasteiger partial charge on any atom is -0.395 e. The number of anilines is 2. The lowest BCUT2D eigenvalue weighted by Gasteiger charge is -2.44. The van der Waals surface area contributed by atoms with Crippen LogP contribution in [-0.4, -0.2) is 66.9 Å². The minimum absolute atomic E-state index is 0.0146. The second-order valence-corrected chi connectivity index (χ2v) is 11.1. The molecule has 0 bridgehead atoms. The molecule has 244 valence electrons. The van der Waals surface area contributed by atoms with E-state index in [4.69, 9.17) is 20.9 Å². The van der Waals surface area contributed by atoms with Crippen LogP contribution in [0.4, 0.5) is 33.9 Å².